The van der Waals surface area contributed by atoms with Gasteiger partial charge in [0.2, 0.25) is 20.0 Å². The molecule has 1 aliphatic heterocycles. The van der Waals surface area contributed by atoms with Crippen molar-refractivity contribution < 1.29 is 21.2 Å². The van der Waals surface area contributed by atoms with E-state index in [4.69, 9.17) is 5.14 Å². The molecule has 3 aromatic rings. The number of rotatable bonds is 6. The van der Waals surface area contributed by atoms with E-state index >= 15 is 0 Å². The van der Waals surface area contributed by atoms with Gasteiger partial charge in [0.05, 0.1) is 9.79 Å². The summed E-state index contributed by atoms with van der Waals surface area (Å²) in [5.41, 5.74) is 0.571. The Morgan fingerprint density at radius 1 is 0.875 bits per heavy atom. The number of hydrogen-bond donors (Lipinski definition) is 1. The predicted molar refractivity (Wildman–Crippen MR) is 122 cm³/mol. The summed E-state index contributed by atoms with van der Waals surface area (Å²) in [6.07, 6.45) is 0. The van der Waals surface area contributed by atoms with Crippen molar-refractivity contribution in [1.82, 2.24) is 9.21 Å². The van der Waals surface area contributed by atoms with Crippen molar-refractivity contribution in [3.8, 4) is 10.4 Å². The van der Waals surface area contributed by atoms with Crippen LogP contribution in [0.5, 0.6) is 0 Å². The third-order valence-electron chi connectivity index (χ3n) is 5.28. The quantitative estimate of drug-likeness (QED) is 0.567. The van der Waals surface area contributed by atoms with Crippen LogP contribution in [0.15, 0.2) is 70.5 Å². The highest BCUT2D eigenvalue weighted by atomic mass is 32.2. The largest absolute Gasteiger partial charge is 0.296 e. The lowest BCUT2D eigenvalue weighted by Gasteiger charge is -2.33. The summed E-state index contributed by atoms with van der Waals surface area (Å²) in [7, 11) is -7.82. The Morgan fingerprint density at radius 2 is 1.56 bits per heavy atom. The summed E-state index contributed by atoms with van der Waals surface area (Å²) < 4.78 is 64.4. The van der Waals surface area contributed by atoms with Gasteiger partial charge in [0.15, 0.2) is 0 Å². The third kappa shape index (κ3) is 4.92. The summed E-state index contributed by atoms with van der Waals surface area (Å²) in [6.45, 7) is 2.27. The fraction of sp³-hybridized carbons (Fsp3) is 0.238. The standard InChI is InChI=1S/C21H22FN3O4S3/c22-20-7-2-1-6-19(20)21-9-8-16(30-21)15-24-10-12-25(13-11-24)32(28,29)18-5-3-4-17(14-18)31(23,26)27/h1-9,14H,10-13,15H2,(H2,23,26,27). The van der Waals surface area contributed by atoms with Gasteiger partial charge in [0.25, 0.3) is 0 Å². The van der Waals surface area contributed by atoms with Crippen molar-refractivity contribution in [2.45, 2.75) is 16.3 Å². The van der Waals surface area contributed by atoms with Gasteiger partial charge in [-0.25, -0.2) is 26.4 Å². The normalized spacial score (nSPS) is 16.3. The van der Waals surface area contributed by atoms with Crippen LogP contribution < -0.4 is 5.14 Å². The Labute approximate surface area is 191 Å². The number of thiophene rings is 1. The minimum absolute atomic E-state index is 0.0924. The van der Waals surface area contributed by atoms with Crippen molar-refractivity contribution in [3.63, 3.8) is 0 Å². The molecule has 7 nitrogen and oxygen atoms in total. The molecule has 0 radical (unpaired) electrons. The number of halogens is 1. The Kier molecular flexibility index (Phi) is 6.48. The predicted octanol–water partition coefficient (Wildman–Crippen LogP) is 2.71. The number of hydrogen-bond acceptors (Lipinski definition) is 6. The van der Waals surface area contributed by atoms with Crippen molar-refractivity contribution >= 4 is 31.4 Å². The molecule has 1 fully saturated rings. The third-order valence-corrected chi connectivity index (χ3v) is 9.19. The number of nitrogens with two attached hydrogens (primary N) is 1. The molecule has 0 amide bonds. The topological polar surface area (TPSA) is 101 Å². The molecule has 32 heavy (non-hydrogen) atoms. The highest BCUT2D eigenvalue weighted by Crippen LogP contribution is 2.31. The molecule has 170 valence electrons. The lowest BCUT2D eigenvalue weighted by molar-refractivity contribution is 0.183. The monoisotopic (exact) mass is 495 g/mol. The maximum Gasteiger partial charge on any atom is 0.243 e. The van der Waals surface area contributed by atoms with E-state index in [1.165, 1.54) is 39.9 Å². The van der Waals surface area contributed by atoms with E-state index in [1.54, 1.807) is 18.2 Å². The maximum absolute atomic E-state index is 14.0. The number of primary sulfonamides is 1. The van der Waals surface area contributed by atoms with Crippen LogP contribution in [0.2, 0.25) is 0 Å². The first kappa shape index (κ1) is 23.0. The minimum atomic E-state index is -3.99. The van der Waals surface area contributed by atoms with Crippen molar-refractivity contribution in [2.75, 3.05) is 26.2 Å². The second-order valence-electron chi connectivity index (χ2n) is 7.45. The number of nitrogens with zero attached hydrogens (tertiary/aromatic N) is 2. The van der Waals surface area contributed by atoms with E-state index in [0.717, 1.165) is 15.8 Å². The van der Waals surface area contributed by atoms with Crippen LogP contribution in [-0.2, 0) is 26.6 Å². The zero-order valence-corrected chi connectivity index (χ0v) is 19.5. The molecule has 0 atom stereocenters. The van der Waals surface area contributed by atoms with Crippen molar-refractivity contribution in [2.24, 2.45) is 5.14 Å². The molecule has 0 bridgehead atoms. The van der Waals surface area contributed by atoms with E-state index in [-0.39, 0.29) is 28.7 Å². The van der Waals surface area contributed by atoms with Gasteiger partial charge in [-0.3, -0.25) is 4.90 Å². The molecule has 2 aromatic carbocycles. The summed E-state index contributed by atoms with van der Waals surface area (Å²) in [5.74, 6) is -0.258. The molecule has 0 unspecified atom stereocenters. The minimum Gasteiger partial charge on any atom is -0.296 e. The van der Waals surface area contributed by atoms with Crippen molar-refractivity contribution in [3.05, 3.63) is 71.4 Å². The van der Waals surface area contributed by atoms with Crippen molar-refractivity contribution in [1.29, 1.82) is 0 Å². The lowest BCUT2D eigenvalue weighted by atomic mass is 10.2. The Morgan fingerprint density at radius 3 is 2.25 bits per heavy atom. The molecule has 0 saturated carbocycles. The van der Waals surface area contributed by atoms with Gasteiger partial charge >= 0.3 is 0 Å². The second-order valence-corrected chi connectivity index (χ2v) is 12.1. The molecular weight excluding hydrogens is 473 g/mol. The van der Waals surface area contributed by atoms with Gasteiger partial charge < -0.3 is 0 Å². The molecule has 0 spiro atoms. The number of sulfonamides is 2. The van der Waals surface area contributed by atoms with E-state index in [9.17, 15) is 21.2 Å². The second kappa shape index (κ2) is 9.00. The average molecular weight is 496 g/mol. The fourth-order valence-electron chi connectivity index (χ4n) is 3.58. The summed E-state index contributed by atoms with van der Waals surface area (Å²) >= 11 is 1.52. The van der Waals surface area contributed by atoms with Crippen LogP contribution in [0.25, 0.3) is 10.4 Å². The number of piperazine rings is 1. The van der Waals surface area contributed by atoms with Gasteiger partial charge in [-0.15, -0.1) is 11.3 Å². The maximum atomic E-state index is 14.0. The van der Waals surface area contributed by atoms with Gasteiger partial charge in [-0.2, -0.15) is 4.31 Å². The van der Waals surface area contributed by atoms with E-state index in [2.05, 4.69) is 4.90 Å². The summed E-state index contributed by atoms with van der Waals surface area (Å²) in [5, 5.41) is 5.12. The first-order valence-electron chi connectivity index (χ1n) is 9.83. The smallest absolute Gasteiger partial charge is 0.243 e. The molecule has 1 saturated heterocycles. The number of benzene rings is 2. The van der Waals surface area contributed by atoms with Crippen LogP contribution in [0.3, 0.4) is 0 Å². The molecule has 2 N–H and O–H groups in total. The summed E-state index contributed by atoms with van der Waals surface area (Å²) in [4.78, 5) is 3.74. The lowest BCUT2D eigenvalue weighted by Crippen LogP contribution is -2.48. The molecule has 2 heterocycles. The highest BCUT2D eigenvalue weighted by Gasteiger charge is 2.29. The average Bonchev–Trinajstić information content (AvgIpc) is 3.22. The van der Waals surface area contributed by atoms with Crippen LogP contribution >= 0.6 is 11.3 Å². The Bertz CT molecular complexity index is 1330. The molecule has 0 aliphatic carbocycles. The molecule has 4 rings (SSSR count). The molecular formula is C21H22FN3O4S3. The van der Waals surface area contributed by atoms with Gasteiger partial charge in [-0.05, 0) is 36.4 Å². The van der Waals surface area contributed by atoms with Crippen LogP contribution in [0, 0.1) is 5.82 Å². The van der Waals surface area contributed by atoms with Crippen LogP contribution in [-0.4, -0.2) is 52.2 Å². The SMILES string of the molecule is NS(=O)(=O)c1cccc(S(=O)(=O)N2CCN(Cc3ccc(-c4ccccc4F)s3)CC2)c1. The first-order valence-corrected chi connectivity index (χ1v) is 13.6. The van der Waals surface area contributed by atoms with E-state index in [1.807, 2.05) is 12.1 Å². The van der Waals surface area contributed by atoms with E-state index in [0.29, 0.717) is 25.2 Å². The van der Waals surface area contributed by atoms with Gasteiger partial charge in [0, 0.05) is 48.0 Å². The van der Waals surface area contributed by atoms with Gasteiger partial charge in [-0.1, -0.05) is 24.3 Å². The molecule has 11 heteroatoms. The zero-order chi connectivity index (χ0) is 22.9. The van der Waals surface area contributed by atoms with Gasteiger partial charge in [0.1, 0.15) is 5.82 Å². The Hall–Kier alpha value is -2.15. The Balaban J connectivity index is 1.41. The highest BCUT2D eigenvalue weighted by molar-refractivity contribution is 7.90. The fourth-order valence-corrected chi connectivity index (χ4v) is 6.76. The zero-order valence-electron chi connectivity index (χ0n) is 17.0. The molecule has 1 aliphatic rings. The molecule has 1 aromatic heterocycles. The summed E-state index contributed by atoms with van der Waals surface area (Å²) in [6, 6.07) is 15.6. The van der Waals surface area contributed by atoms with E-state index < -0.39 is 20.0 Å². The van der Waals surface area contributed by atoms with Crippen LogP contribution in [0.4, 0.5) is 4.39 Å². The van der Waals surface area contributed by atoms with Crippen LogP contribution in [0.1, 0.15) is 4.88 Å². The first-order chi connectivity index (χ1) is 15.1.